The smallest absolute Gasteiger partial charge is 0.336 e. The summed E-state index contributed by atoms with van der Waals surface area (Å²) in [4.78, 5) is 11.0. The molecule has 3 nitrogen and oxygen atoms in total. The Balaban J connectivity index is 3.49. The molecule has 15 heavy (non-hydrogen) atoms. The van der Waals surface area contributed by atoms with Crippen molar-refractivity contribution in [2.45, 2.75) is 26.2 Å². The fourth-order valence-corrected chi connectivity index (χ4v) is 1.83. The quantitative estimate of drug-likeness (QED) is 0.782. The van der Waals surface area contributed by atoms with Crippen LogP contribution in [0.3, 0.4) is 0 Å². The lowest BCUT2D eigenvalue weighted by Gasteiger charge is -2.22. The van der Waals surface area contributed by atoms with Gasteiger partial charge in [0.15, 0.2) is 0 Å². The van der Waals surface area contributed by atoms with Crippen LogP contribution in [0.2, 0.25) is 0 Å². The lowest BCUT2D eigenvalue weighted by atomic mass is 9.83. The van der Waals surface area contributed by atoms with Gasteiger partial charge in [0.25, 0.3) is 0 Å². The lowest BCUT2D eigenvalue weighted by Crippen LogP contribution is -2.17. The molecule has 1 aromatic carbocycles. The highest BCUT2D eigenvalue weighted by Crippen LogP contribution is 2.32. The Bertz CT molecular complexity index is 405. The van der Waals surface area contributed by atoms with E-state index in [2.05, 4.69) is 0 Å². The topological polar surface area (TPSA) is 57.5 Å². The maximum Gasteiger partial charge on any atom is 0.336 e. The van der Waals surface area contributed by atoms with Gasteiger partial charge in [-0.05, 0) is 45.7 Å². The van der Waals surface area contributed by atoms with Crippen LogP contribution >= 0.6 is 22.6 Å². The van der Waals surface area contributed by atoms with Gasteiger partial charge in [-0.2, -0.15) is 0 Å². The zero-order valence-electron chi connectivity index (χ0n) is 8.84. The Labute approximate surface area is 102 Å². The molecule has 82 valence electrons. The molecule has 1 rings (SSSR count). The van der Waals surface area contributed by atoms with Crippen LogP contribution in [0.25, 0.3) is 0 Å². The first-order valence-electron chi connectivity index (χ1n) is 4.50. The second kappa shape index (κ2) is 4.00. The molecule has 2 N–H and O–H groups in total. The van der Waals surface area contributed by atoms with E-state index < -0.39 is 5.97 Å². The fourth-order valence-electron chi connectivity index (χ4n) is 1.36. The highest BCUT2D eigenvalue weighted by molar-refractivity contribution is 14.1. The summed E-state index contributed by atoms with van der Waals surface area (Å²) >= 11 is 1.91. The van der Waals surface area contributed by atoms with E-state index in [1.165, 1.54) is 12.1 Å². The molecule has 0 aliphatic carbocycles. The lowest BCUT2D eigenvalue weighted by molar-refractivity contribution is 0.0694. The second-order valence-corrected chi connectivity index (χ2v) is 5.57. The van der Waals surface area contributed by atoms with E-state index >= 15 is 0 Å². The average molecular weight is 320 g/mol. The van der Waals surface area contributed by atoms with Gasteiger partial charge in [-0.1, -0.05) is 20.8 Å². The molecular formula is C11H13IO3. The number of hydrogen-bond acceptors (Lipinski definition) is 2. The molecule has 0 heterocycles. The number of rotatable bonds is 1. The van der Waals surface area contributed by atoms with Crippen molar-refractivity contribution in [3.63, 3.8) is 0 Å². The summed E-state index contributed by atoms with van der Waals surface area (Å²) in [5.41, 5.74) is 0.604. The molecule has 0 saturated heterocycles. The zero-order valence-corrected chi connectivity index (χ0v) is 11.0. The van der Waals surface area contributed by atoms with E-state index in [1.54, 1.807) is 0 Å². The molecule has 0 fully saturated rings. The van der Waals surface area contributed by atoms with Crippen LogP contribution in [0.15, 0.2) is 12.1 Å². The molecule has 0 spiro atoms. The van der Waals surface area contributed by atoms with Crippen LogP contribution in [0.1, 0.15) is 36.7 Å². The van der Waals surface area contributed by atoms with Crippen molar-refractivity contribution in [3.05, 3.63) is 26.8 Å². The maximum absolute atomic E-state index is 11.0. The number of carboxylic acid groups (broad SMARTS) is 1. The Morgan fingerprint density at radius 3 is 2.27 bits per heavy atom. The minimum absolute atomic E-state index is 0.130. The molecule has 1 aromatic rings. The number of carbonyl (C=O) groups is 1. The van der Waals surface area contributed by atoms with Crippen molar-refractivity contribution < 1.29 is 15.0 Å². The van der Waals surface area contributed by atoms with Crippen molar-refractivity contribution in [1.82, 2.24) is 0 Å². The first-order chi connectivity index (χ1) is 6.73. The molecule has 0 amide bonds. The largest absolute Gasteiger partial charge is 0.507 e. The molecule has 0 atom stereocenters. The molecule has 0 radical (unpaired) electrons. The molecule has 0 bridgehead atoms. The number of benzene rings is 1. The van der Waals surface area contributed by atoms with Gasteiger partial charge in [-0.3, -0.25) is 0 Å². The summed E-state index contributed by atoms with van der Waals surface area (Å²) < 4.78 is 0.554. The number of halogens is 1. The first-order valence-corrected chi connectivity index (χ1v) is 5.57. The van der Waals surface area contributed by atoms with Crippen molar-refractivity contribution in [2.24, 2.45) is 0 Å². The number of phenols is 1. The predicted octanol–water partition coefficient (Wildman–Crippen LogP) is 2.99. The van der Waals surface area contributed by atoms with Crippen LogP contribution in [0.4, 0.5) is 0 Å². The van der Waals surface area contributed by atoms with Crippen molar-refractivity contribution in [2.75, 3.05) is 0 Å². The summed E-state index contributed by atoms with van der Waals surface area (Å²) in [5, 5.41) is 18.6. The number of phenolic OH excluding ortho intramolecular Hbond substituents is 1. The van der Waals surface area contributed by atoms with Crippen molar-refractivity contribution >= 4 is 28.6 Å². The molecule has 0 unspecified atom stereocenters. The summed E-state index contributed by atoms with van der Waals surface area (Å²) in [6.45, 7) is 5.75. The standard InChI is InChI=1S/C11H13IO3/c1-11(2,3)7-5-9(13)8(12)4-6(7)10(14)15/h4-5,13H,1-3H3,(H,14,15). The molecule has 0 aliphatic rings. The van der Waals surface area contributed by atoms with Gasteiger partial charge in [-0.15, -0.1) is 0 Å². The average Bonchev–Trinajstić information content (AvgIpc) is 2.06. The Morgan fingerprint density at radius 2 is 1.87 bits per heavy atom. The van der Waals surface area contributed by atoms with Crippen LogP contribution < -0.4 is 0 Å². The molecule has 0 aromatic heterocycles. The third kappa shape index (κ3) is 2.62. The summed E-state index contributed by atoms with van der Waals surface area (Å²) in [6.07, 6.45) is 0. The van der Waals surface area contributed by atoms with E-state index in [9.17, 15) is 9.90 Å². The van der Waals surface area contributed by atoms with E-state index in [0.717, 1.165) is 0 Å². The van der Waals surface area contributed by atoms with Crippen LogP contribution in [-0.4, -0.2) is 16.2 Å². The van der Waals surface area contributed by atoms with Crippen molar-refractivity contribution in [1.29, 1.82) is 0 Å². The van der Waals surface area contributed by atoms with Gasteiger partial charge in [-0.25, -0.2) is 4.79 Å². The number of aromatic hydroxyl groups is 1. The number of hydrogen-bond donors (Lipinski definition) is 2. The van der Waals surface area contributed by atoms with Crippen LogP contribution in [0.5, 0.6) is 5.75 Å². The van der Waals surface area contributed by atoms with Gasteiger partial charge in [0.2, 0.25) is 0 Å². The predicted molar refractivity (Wildman–Crippen MR) is 66.5 cm³/mol. The third-order valence-corrected chi connectivity index (χ3v) is 2.99. The second-order valence-electron chi connectivity index (χ2n) is 4.40. The summed E-state index contributed by atoms with van der Waals surface area (Å²) in [7, 11) is 0. The number of aromatic carboxylic acids is 1. The highest BCUT2D eigenvalue weighted by Gasteiger charge is 2.23. The normalized spacial score (nSPS) is 11.5. The van der Waals surface area contributed by atoms with Gasteiger partial charge < -0.3 is 10.2 Å². The van der Waals surface area contributed by atoms with Gasteiger partial charge in [0.05, 0.1) is 9.13 Å². The third-order valence-electron chi connectivity index (χ3n) is 2.13. The molecular weight excluding hydrogens is 307 g/mol. The van der Waals surface area contributed by atoms with E-state index in [1.807, 2.05) is 43.4 Å². The van der Waals surface area contributed by atoms with Crippen molar-refractivity contribution in [3.8, 4) is 5.75 Å². The Kier molecular flexibility index (Phi) is 3.28. The SMILES string of the molecule is CC(C)(C)c1cc(O)c(I)cc1C(=O)O. The molecule has 4 heteroatoms. The first kappa shape index (κ1) is 12.3. The highest BCUT2D eigenvalue weighted by atomic mass is 127. The van der Waals surface area contributed by atoms with Gasteiger partial charge in [0.1, 0.15) is 5.75 Å². The van der Waals surface area contributed by atoms with E-state index in [-0.39, 0.29) is 16.7 Å². The minimum atomic E-state index is -0.960. The molecule has 0 aliphatic heterocycles. The zero-order chi connectivity index (χ0) is 11.8. The molecule has 0 saturated carbocycles. The van der Waals surface area contributed by atoms with Gasteiger partial charge in [0, 0.05) is 0 Å². The van der Waals surface area contributed by atoms with Crippen LogP contribution in [-0.2, 0) is 5.41 Å². The Morgan fingerprint density at radius 1 is 1.33 bits per heavy atom. The van der Waals surface area contributed by atoms with E-state index in [4.69, 9.17) is 5.11 Å². The number of carboxylic acids is 1. The summed E-state index contributed by atoms with van der Waals surface area (Å²) in [5.74, 6) is -0.830. The minimum Gasteiger partial charge on any atom is -0.507 e. The monoisotopic (exact) mass is 320 g/mol. The summed E-state index contributed by atoms with van der Waals surface area (Å²) in [6, 6.07) is 3.03. The fraction of sp³-hybridized carbons (Fsp3) is 0.364. The van der Waals surface area contributed by atoms with Crippen LogP contribution in [0, 0.1) is 3.57 Å². The maximum atomic E-state index is 11.0. The van der Waals surface area contributed by atoms with E-state index in [0.29, 0.717) is 9.13 Å². The Hall–Kier alpha value is -0.780. The van der Waals surface area contributed by atoms with Gasteiger partial charge >= 0.3 is 5.97 Å².